The lowest BCUT2D eigenvalue weighted by Crippen LogP contribution is -2.16. The van der Waals surface area contributed by atoms with Crippen molar-refractivity contribution in [2.45, 2.75) is 33.9 Å². The number of aromatic nitrogens is 4. The van der Waals surface area contributed by atoms with E-state index in [9.17, 15) is 9.59 Å². The van der Waals surface area contributed by atoms with Crippen LogP contribution in [0.25, 0.3) is 11.4 Å². The first-order valence-electron chi connectivity index (χ1n) is 8.36. The van der Waals surface area contributed by atoms with Crippen LogP contribution in [0.2, 0.25) is 0 Å². The maximum atomic E-state index is 12.4. The summed E-state index contributed by atoms with van der Waals surface area (Å²) in [7, 11) is 0. The van der Waals surface area contributed by atoms with E-state index in [0.717, 1.165) is 0 Å². The first-order valence-corrected chi connectivity index (χ1v) is 8.36. The van der Waals surface area contributed by atoms with Gasteiger partial charge < -0.3 is 9.72 Å². The second-order valence-corrected chi connectivity index (χ2v) is 5.88. The van der Waals surface area contributed by atoms with Crippen molar-refractivity contribution >= 4 is 5.78 Å². The number of nitrogens with zero attached hydrogens (tertiary/aromatic N) is 3. The van der Waals surface area contributed by atoms with E-state index in [1.807, 2.05) is 37.3 Å². The summed E-state index contributed by atoms with van der Waals surface area (Å²) in [4.78, 5) is 31.4. The molecule has 3 rings (SSSR count). The third kappa shape index (κ3) is 3.56. The van der Waals surface area contributed by atoms with Crippen LogP contribution < -0.4 is 10.3 Å². The number of pyridine rings is 1. The van der Waals surface area contributed by atoms with Gasteiger partial charge in [0.15, 0.2) is 17.4 Å². The highest BCUT2D eigenvalue weighted by atomic mass is 16.5. The third-order valence-electron chi connectivity index (χ3n) is 3.98. The molecule has 0 saturated carbocycles. The summed E-state index contributed by atoms with van der Waals surface area (Å²) >= 11 is 0. The molecule has 3 aromatic rings. The standard InChI is InChI=1S/C19H20N4O3/c1-4-23-18(16-10-15(13(3)24)12(2)20-19(16)25)21-17(22-23)11-26-14-8-6-5-7-9-14/h5-10H,4,11H2,1-3H3,(H,20,25). The van der Waals surface area contributed by atoms with Gasteiger partial charge in [0, 0.05) is 17.8 Å². The van der Waals surface area contributed by atoms with E-state index in [2.05, 4.69) is 15.1 Å². The molecule has 0 unspecified atom stereocenters. The highest BCUT2D eigenvalue weighted by Gasteiger charge is 2.17. The number of benzene rings is 1. The lowest BCUT2D eigenvalue weighted by atomic mass is 10.1. The number of hydrogen-bond acceptors (Lipinski definition) is 5. The number of Topliss-reactive ketones (excluding diaryl/α,β-unsaturated/α-hetero) is 1. The smallest absolute Gasteiger partial charge is 0.259 e. The fourth-order valence-electron chi connectivity index (χ4n) is 2.69. The molecule has 0 bridgehead atoms. The van der Waals surface area contributed by atoms with Crippen molar-refractivity contribution < 1.29 is 9.53 Å². The number of ether oxygens (including phenoxy) is 1. The minimum Gasteiger partial charge on any atom is -0.486 e. The molecule has 0 atom stereocenters. The average molecular weight is 352 g/mol. The van der Waals surface area contributed by atoms with Crippen LogP contribution in [0.15, 0.2) is 41.2 Å². The number of nitrogens with one attached hydrogen (secondary N) is 1. The Morgan fingerprint density at radius 2 is 2.00 bits per heavy atom. The molecule has 1 N–H and O–H groups in total. The predicted molar refractivity (Wildman–Crippen MR) is 97.3 cm³/mol. The Morgan fingerprint density at radius 3 is 2.65 bits per heavy atom. The molecule has 0 amide bonds. The lowest BCUT2D eigenvalue weighted by Gasteiger charge is -2.06. The van der Waals surface area contributed by atoms with Gasteiger partial charge in [-0.25, -0.2) is 9.67 Å². The zero-order valence-electron chi connectivity index (χ0n) is 14.9. The Morgan fingerprint density at radius 1 is 1.27 bits per heavy atom. The van der Waals surface area contributed by atoms with Gasteiger partial charge in [-0.05, 0) is 39.0 Å². The van der Waals surface area contributed by atoms with E-state index in [-0.39, 0.29) is 17.9 Å². The topological polar surface area (TPSA) is 89.9 Å². The van der Waals surface area contributed by atoms with Gasteiger partial charge >= 0.3 is 0 Å². The Kier molecular flexibility index (Phi) is 4.97. The van der Waals surface area contributed by atoms with Crippen molar-refractivity contribution in [3.05, 3.63) is 63.8 Å². The number of aromatic amines is 1. The highest BCUT2D eigenvalue weighted by molar-refractivity contribution is 5.96. The highest BCUT2D eigenvalue weighted by Crippen LogP contribution is 2.18. The maximum absolute atomic E-state index is 12.4. The molecule has 1 aromatic carbocycles. The van der Waals surface area contributed by atoms with Gasteiger partial charge in [0.1, 0.15) is 12.4 Å². The van der Waals surface area contributed by atoms with Gasteiger partial charge in [-0.15, -0.1) is 0 Å². The van der Waals surface area contributed by atoms with Crippen LogP contribution >= 0.6 is 0 Å². The lowest BCUT2D eigenvalue weighted by molar-refractivity contribution is 0.101. The van der Waals surface area contributed by atoms with Gasteiger partial charge in [0.25, 0.3) is 5.56 Å². The first kappa shape index (κ1) is 17.6. The number of hydrogen-bond donors (Lipinski definition) is 1. The van der Waals surface area contributed by atoms with E-state index in [1.165, 1.54) is 6.92 Å². The third-order valence-corrected chi connectivity index (χ3v) is 3.98. The van der Waals surface area contributed by atoms with Crippen LogP contribution in [0.1, 0.15) is 35.7 Å². The van der Waals surface area contributed by atoms with Crippen LogP contribution in [-0.4, -0.2) is 25.5 Å². The molecular formula is C19H20N4O3. The van der Waals surface area contributed by atoms with Gasteiger partial charge in [-0.1, -0.05) is 18.2 Å². The van der Waals surface area contributed by atoms with Gasteiger partial charge in [0.2, 0.25) is 0 Å². The summed E-state index contributed by atoms with van der Waals surface area (Å²) in [5.41, 5.74) is 1.03. The fourth-order valence-corrected chi connectivity index (χ4v) is 2.69. The van der Waals surface area contributed by atoms with Crippen molar-refractivity contribution in [2.24, 2.45) is 0 Å². The van der Waals surface area contributed by atoms with Crippen molar-refractivity contribution in [2.75, 3.05) is 0 Å². The average Bonchev–Trinajstić information content (AvgIpc) is 3.03. The molecule has 2 aromatic heterocycles. The normalized spacial score (nSPS) is 10.7. The number of ketones is 1. The zero-order valence-corrected chi connectivity index (χ0v) is 14.9. The molecule has 26 heavy (non-hydrogen) atoms. The van der Waals surface area contributed by atoms with Crippen LogP contribution in [0.4, 0.5) is 0 Å². The summed E-state index contributed by atoms with van der Waals surface area (Å²) in [6, 6.07) is 10.9. The largest absolute Gasteiger partial charge is 0.486 e. The Hall–Kier alpha value is -3.22. The number of carbonyl (C=O) groups excluding carboxylic acids is 1. The SMILES string of the molecule is CCn1nc(COc2ccccc2)nc1-c1cc(C(C)=O)c(C)[nH]c1=O. The quantitative estimate of drug-likeness (QED) is 0.689. The van der Waals surface area contributed by atoms with Gasteiger partial charge in [0.05, 0.1) is 5.56 Å². The minimum atomic E-state index is -0.301. The van der Waals surface area contributed by atoms with Gasteiger partial charge in [-0.2, -0.15) is 5.10 Å². The van der Waals surface area contributed by atoms with Crippen molar-refractivity contribution in [1.82, 2.24) is 19.7 Å². The second-order valence-electron chi connectivity index (χ2n) is 5.88. The molecule has 2 heterocycles. The van der Waals surface area contributed by atoms with E-state index < -0.39 is 0 Å². The van der Waals surface area contributed by atoms with Crippen molar-refractivity contribution in [3.8, 4) is 17.1 Å². The molecular weight excluding hydrogens is 332 g/mol. The van der Waals surface area contributed by atoms with E-state index >= 15 is 0 Å². The maximum Gasteiger partial charge on any atom is 0.259 e. The van der Waals surface area contributed by atoms with E-state index in [4.69, 9.17) is 4.74 Å². The molecule has 134 valence electrons. The number of aryl methyl sites for hydroxylation is 2. The molecule has 7 nitrogen and oxygen atoms in total. The summed E-state index contributed by atoms with van der Waals surface area (Å²) < 4.78 is 7.31. The van der Waals surface area contributed by atoms with Crippen molar-refractivity contribution in [1.29, 1.82) is 0 Å². The molecule has 0 aliphatic carbocycles. The van der Waals surface area contributed by atoms with Crippen LogP contribution in [0.3, 0.4) is 0 Å². The predicted octanol–water partition coefficient (Wildman–Crippen LogP) is 2.74. The van der Waals surface area contributed by atoms with E-state index in [1.54, 1.807) is 17.7 Å². The molecule has 0 aliphatic heterocycles. The monoisotopic (exact) mass is 352 g/mol. The molecule has 0 fully saturated rings. The summed E-state index contributed by atoms with van der Waals surface area (Å²) in [5, 5.41) is 4.40. The molecule has 0 aliphatic rings. The number of para-hydroxylation sites is 1. The van der Waals surface area contributed by atoms with Crippen molar-refractivity contribution in [3.63, 3.8) is 0 Å². The molecule has 0 radical (unpaired) electrons. The second kappa shape index (κ2) is 7.35. The Bertz CT molecular complexity index is 990. The number of H-pyrrole nitrogens is 1. The number of rotatable bonds is 6. The first-order chi connectivity index (χ1) is 12.5. The molecule has 0 spiro atoms. The Labute approximate surface area is 150 Å². The van der Waals surface area contributed by atoms with E-state index in [0.29, 0.717) is 40.8 Å². The van der Waals surface area contributed by atoms with Crippen LogP contribution in [0.5, 0.6) is 5.75 Å². The summed E-state index contributed by atoms with van der Waals surface area (Å²) in [6.45, 7) is 5.80. The van der Waals surface area contributed by atoms with Crippen LogP contribution in [-0.2, 0) is 13.2 Å². The fraction of sp³-hybridized carbons (Fsp3) is 0.263. The van der Waals surface area contributed by atoms with Gasteiger partial charge in [-0.3, -0.25) is 9.59 Å². The zero-order chi connectivity index (χ0) is 18.7. The summed E-state index contributed by atoms with van der Waals surface area (Å²) in [5.74, 6) is 1.49. The number of carbonyl (C=O) groups is 1. The summed E-state index contributed by atoms with van der Waals surface area (Å²) in [6.07, 6.45) is 0. The Balaban J connectivity index is 1.96. The molecule has 0 saturated heterocycles. The van der Waals surface area contributed by atoms with Crippen LogP contribution in [0, 0.1) is 6.92 Å². The molecule has 7 heteroatoms. The minimum absolute atomic E-state index is 0.116.